The van der Waals surface area contributed by atoms with Crippen LogP contribution in [0.15, 0.2) is 84.9 Å². The summed E-state index contributed by atoms with van der Waals surface area (Å²) in [5.41, 5.74) is 4.13. The van der Waals surface area contributed by atoms with E-state index in [0.717, 1.165) is 18.1 Å². The quantitative estimate of drug-likeness (QED) is 0.643. The average molecular weight is 393 g/mol. The highest BCUT2D eigenvalue weighted by Gasteiger charge is 2.35. The number of hydrogen-bond donors (Lipinski definition) is 2. The monoisotopic (exact) mass is 392 g/mol. The highest BCUT2D eigenvalue weighted by molar-refractivity contribution is 6.31. The summed E-state index contributed by atoms with van der Waals surface area (Å²) in [4.78, 5) is 1.68. The van der Waals surface area contributed by atoms with Crippen LogP contribution in [0.4, 0.5) is 0 Å². The number of benzene rings is 3. The molecule has 3 heteroatoms. The summed E-state index contributed by atoms with van der Waals surface area (Å²) in [7, 11) is 0. The van der Waals surface area contributed by atoms with E-state index < -0.39 is 0 Å². The van der Waals surface area contributed by atoms with Crippen molar-refractivity contribution in [1.29, 1.82) is 0 Å². The van der Waals surface area contributed by atoms with Crippen LogP contribution in [-0.2, 0) is 13.1 Å². The minimum Gasteiger partial charge on any atom is -0.339 e. The molecule has 3 N–H and O–H groups in total. The number of quaternary nitrogens is 2. The fraction of sp³-hybridized carbons (Fsp3) is 0.280. The van der Waals surface area contributed by atoms with Crippen molar-refractivity contribution in [3.8, 4) is 0 Å². The van der Waals surface area contributed by atoms with Gasteiger partial charge in [0.2, 0.25) is 0 Å². The van der Waals surface area contributed by atoms with E-state index in [2.05, 4.69) is 78.1 Å². The van der Waals surface area contributed by atoms with Crippen molar-refractivity contribution in [3.63, 3.8) is 0 Å². The lowest BCUT2D eigenvalue weighted by Gasteiger charge is -2.35. The fourth-order valence-corrected chi connectivity index (χ4v) is 4.68. The molecule has 4 rings (SSSR count). The summed E-state index contributed by atoms with van der Waals surface area (Å²) < 4.78 is 0. The molecular formula is C25H29ClN2+2. The molecule has 0 spiro atoms. The predicted molar refractivity (Wildman–Crippen MR) is 116 cm³/mol. The number of nitrogens with one attached hydrogen (secondary N) is 1. The second-order valence-electron chi connectivity index (χ2n) is 7.87. The molecule has 1 saturated heterocycles. The Labute approximate surface area is 173 Å². The first-order valence-electron chi connectivity index (χ1n) is 10.3. The Kier molecular flexibility index (Phi) is 6.43. The average Bonchev–Trinajstić information content (AvgIpc) is 2.75. The molecule has 1 fully saturated rings. The first-order chi connectivity index (χ1) is 13.8. The molecule has 0 amide bonds. The van der Waals surface area contributed by atoms with Gasteiger partial charge in [0.1, 0.15) is 19.1 Å². The second kappa shape index (κ2) is 9.38. The molecule has 1 unspecified atom stereocenters. The predicted octanol–water partition coefficient (Wildman–Crippen LogP) is 3.04. The SMILES string of the molecule is Clc1ccccc1C[NH2+][C@H]1CC[NH+](Cc2ccccc2)C[C@H]1c1ccccc1. The fourth-order valence-electron chi connectivity index (χ4n) is 4.47. The Bertz CT molecular complexity index is 866. The van der Waals surface area contributed by atoms with Crippen molar-refractivity contribution in [2.45, 2.75) is 31.5 Å². The zero-order valence-corrected chi connectivity index (χ0v) is 17.0. The van der Waals surface area contributed by atoms with Gasteiger partial charge in [-0.05, 0) is 11.6 Å². The molecule has 0 aliphatic carbocycles. The zero-order valence-electron chi connectivity index (χ0n) is 16.2. The summed E-state index contributed by atoms with van der Waals surface area (Å²) in [6.45, 7) is 4.47. The molecule has 3 aromatic rings. The van der Waals surface area contributed by atoms with Crippen LogP contribution in [0.3, 0.4) is 0 Å². The lowest BCUT2D eigenvalue weighted by molar-refractivity contribution is -0.928. The van der Waals surface area contributed by atoms with Gasteiger partial charge in [-0.15, -0.1) is 0 Å². The third kappa shape index (κ3) is 4.82. The van der Waals surface area contributed by atoms with Crippen LogP contribution in [0.1, 0.15) is 29.0 Å². The third-order valence-corrected chi connectivity index (χ3v) is 6.35. The van der Waals surface area contributed by atoms with Gasteiger partial charge in [0.25, 0.3) is 0 Å². The van der Waals surface area contributed by atoms with Crippen molar-refractivity contribution in [2.24, 2.45) is 0 Å². The third-order valence-electron chi connectivity index (χ3n) is 5.98. The number of rotatable bonds is 6. The maximum Gasteiger partial charge on any atom is 0.104 e. The molecule has 144 valence electrons. The van der Waals surface area contributed by atoms with Gasteiger partial charge in [-0.3, -0.25) is 0 Å². The van der Waals surface area contributed by atoms with E-state index in [1.807, 2.05) is 12.1 Å². The molecule has 28 heavy (non-hydrogen) atoms. The van der Waals surface area contributed by atoms with E-state index in [-0.39, 0.29) is 0 Å². The molecule has 1 heterocycles. The minimum atomic E-state index is 0.566. The summed E-state index contributed by atoms with van der Waals surface area (Å²) in [6.07, 6.45) is 1.23. The van der Waals surface area contributed by atoms with E-state index in [9.17, 15) is 0 Å². The summed E-state index contributed by atoms with van der Waals surface area (Å²) in [5.74, 6) is 0.566. The molecule has 3 aromatic carbocycles. The van der Waals surface area contributed by atoms with Crippen LogP contribution in [0, 0.1) is 0 Å². The summed E-state index contributed by atoms with van der Waals surface area (Å²) in [6, 6.07) is 30.8. The summed E-state index contributed by atoms with van der Waals surface area (Å²) in [5, 5.41) is 3.39. The largest absolute Gasteiger partial charge is 0.339 e. The Balaban J connectivity index is 1.47. The Morgan fingerprint density at radius 2 is 1.54 bits per heavy atom. The van der Waals surface area contributed by atoms with Crippen molar-refractivity contribution in [2.75, 3.05) is 13.1 Å². The number of likely N-dealkylation sites (tertiary alicyclic amines) is 1. The molecule has 2 nitrogen and oxygen atoms in total. The van der Waals surface area contributed by atoms with E-state index in [1.165, 1.54) is 36.2 Å². The van der Waals surface area contributed by atoms with Crippen LogP contribution >= 0.6 is 11.6 Å². The highest BCUT2D eigenvalue weighted by Crippen LogP contribution is 2.21. The van der Waals surface area contributed by atoms with Gasteiger partial charge < -0.3 is 10.2 Å². The Morgan fingerprint density at radius 1 is 0.857 bits per heavy atom. The van der Waals surface area contributed by atoms with Crippen LogP contribution in [0.25, 0.3) is 0 Å². The van der Waals surface area contributed by atoms with Gasteiger partial charge in [0.15, 0.2) is 0 Å². The zero-order chi connectivity index (χ0) is 19.2. The molecule has 1 aliphatic rings. The molecule has 3 atom stereocenters. The number of hydrogen-bond acceptors (Lipinski definition) is 0. The van der Waals surface area contributed by atoms with E-state index in [4.69, 9.17) is 11.6 Å². The molecule has 0 bridgehead atoms. The van der Waals surface area contributed by atoms with Crippen LogP contribution in [-0.4, -0.2) is 19.1 Å². The van der Waals surface area contributed by atoms with Gasteiger partial charge in [0.05, 0.1) is 19.0 Å². The van der Waals surface area contributed by atoms with Crippen molar-refractivity contribution < 1.29 is 10.2 Å². The van der Waals surface area contributed by atoms with Gasteiger partial charge >= 0.3 is 0 Å². The standard InChI is InChI=1S/C25H27ClN2/c26-24-14-8-7-13-22(24)17-27-25-15-16-28(18-20-9-3-1-4-10-20)19-23(25)21-11-5-2-6-12-21/h1-14,23,25,27H,15-19H2/p+2/t23-,25-/m0/s1. The van der Waals surface area contributed by atoms with Crippen molar-refractivity contribution >= 4 is 11.6 Å². The van der Waals surface area contributed by atoms with E-state index in [1.54, 1.807) is 4.90 Å². The maximum absolute atomic E-state index is 6.38. The maximum atomic E-state index is 6.38. The second-order valence-corrected chi connectivity index (χ2v) is 8.27. The smallest absolute Gasteiger partial charge is 0.104 e. The topological polar surface area (TPSA) is 21.1 Å². The molecular weight excluding hydrogens is 364 g/mol. The number of piperidine rings is 1. The molecule has 1 aliphatic heterocycles. The molecule has 0 aromatic heterocycles. The molecule has 0 saturated carbocycles. The summed E-state index contributed by atoms with van der Waals surface area (Å²) >= 11 is 6.38. The van der Waals surface area contributed by atoms with Crippen LogP contribution in [0.5, 0.6) is 0 Å². The van der Waals surface area contributed by atoms with Gasteiger partial charge in [-0.2, -0.15) is 0 Å². The minimum absolute atomic E-state index is 0.566. The van der Waals surface area contributed by atoms with Crippen LogP contribution in [0.2, 0.25) is 5.02 Å². The van der Waals surface area contributed by atoms with E-state index in [0.29, 0.717) is 12.0 Å². The first-order valence-corrected chi connectivity index (χ1v) is 10.7. The number of halogens is 1. The lowest BCUT2D eigenvalue weighted by Crippen LogP contribution is -3.14. The van der Waals surface area contributed by atoms with E-state index >= 15 is 0 Å². The van der Waals surface area contributed by atoms with Crippen molar-refractivity contribution in [1.82, 2.24) is 0 Å². The van der Waals surface area contributed by atoms with Crippen LogP contribution < -0.4 is 10.2 Å². The van der Waals surface area contributed by atoms with Gasteiger partial charge in [-0.1, -0.05) is 90.5 Å². The van der Waals surface area contributed by atoms with Crippen molar-refractivity contribution in [3.05, 3.63) is 107 Å². The Morgan fingerprint density at radius 3 is 2.29 bits per heavy atom. The highest BCUT2D eigenvalue weighted by atomic mass is 35.5. The molecule has 0 radical (unpaired) electrons. The first kappa shape index (κ1) is 19.2. The Hall–Kier alpha value is -2.13. The van der Waals surface area contributed by atoms with Gasteiger partial charge in [-0.25, -0.2) is 0 Å². The van der Waals surface area contributed by atoms with Gasteiger partial charge in [0, 0.05) is 22.6 Å². The lowest BCUT2D eigenvalue weighted by atomic mass is 9.85. The normalized spacial score (nSPS) is 22.1. The number of nitrogens with two attached hydrogens (primary N) is 1.